The van der Waals surface area contributed by atoms with Gasteiger partial charge < -0.3 is 14.2 Å². The summed E-state index contributed by atoms with van der Waals surface area (Å²) in [5.74, 6) is 0.0113. The molecule has 2 aliphatic rings. The van der Waals surface area contributed by atoms with Gasteiger partial charge in [-0.05, 0) is 56.6 Å². The van der Waals surface area contributed by atoms with Gasteiger partial charge in [-0.25, -0.2) is 8.78 Å². The molecule has 0 radical (unpaired) electrons. The van der Waals surface area contributed by atoms with Gasteiger partial charge in [0.15, 0.2) is 12.0 Å². The molecule has 0 atom stereocenters. The second-order valence-electron chi connectivity index (χ2n) is 7.56. The van der Waals surface area contributed by atoms with Gasteiger partial charge in [-0.15, -0.1) is 0 Å². The Balaban J connectivity index is 1.60. The minimum atomic E-state index is -1.43. The number of rotatable bonds is 6. The second kappa shape index (κ2) is 8.77. The van der Waals surface area contributed by atoms with Gasteiger partial charge in [-0.3, -0.25) is 0 Å². The normalized spacial score (nSPS) is 32.5. The third-order valence-corrected chi connectivity index (χ3v) is 5.50. The lowest BCUT2D eigenvalue weighted by Crippen LogP contribution is -2.41. The maximum Gasteiger partial charge on any atom is 0.184 e. The van der Waals surface area contributed by atoms with E-state index < -0.39 is 12.0 Å². The van der Waals surface area contributed by atoms with Crippen LogP contribution in [-0.2, 0) is 14.2 Å². The Kier molecular flexibility index (Phi) is 6.65. The van der Waals surface area contributed by atoms with E-state index >= 15 is 0 Å². The lowest BCUT2D eigenvalue weighted by molar-refractivity contribution is -0.239. The summed E-state index contributed by atoms with van der Waals surface area (Å²) >= 11 is 0. The Hall–Kier alpha value is -1.04. The van der Waals surface area contributed by atoms with E-state index in [1.54, 1.807) is 0 Å². The lowest BCUT2D eigenvalue weighted by atomic mass is 9.82. The van der Waals surface area contributed by atoms with Crippen molar-refractivity contribution < 1.29 is 23.0 Å². The molecule has 1 saturated heterocycles. The van der Waals surface area contributed by atoms with Crippen LogP contribution >= 0.6 is 0 Å². The molecule has 1 aromatic carbocycles. The highest BCUT2D eigenvalue weighted by Crippen LogP contribution is 2.37. The van der Waals surface area contributed by atoms with Crippen molar-refractivity contribution >= 4 is 0 Å². The molecule has 146 valence electrons. The van der Waals surface area contributed by atoms with Crippen LogP contribution < -0.4 is 0 Å². The number of hydrogen-bond acceptors (Lipinski definition) is 3. The molecule has 3 nitrogen and oxygen atoms in total. The van der Waals surface area contributed by atoms with Crippen molar-refractivity contribution in [1.29, 1.82) is 0 Å². The van der Waals surface area contributed by atoms with Crippen LogP contribution in [0.25, 0.3) is 0 Å². The molecule has 0 N–H and O–H groups in total. The van der Waals surface area contributed by atoms with Crippen molar-refractivity contribution in [2.45, 2.75) is 76.4 Å². The molecule has 26 heavy (non-hydrogen) atoms. The smallest absolute Gasteiger partial charge is 0.184 e. The maximum absolute atomic E-state index is 14.7. The third kappa shape index (κ3) is 4.62. The molecule has 5 heteroatoms. The van der Waals surface area contributed by atoms with Crippen molar-refractivity contribution in [1.82, 2.24) is 0 Å². The molecule has 3 rings (SSSR count). The van der Waals surface area contributed by atoms with Crippen LogP contribution in [0.15, 0.2) is 18.2 Å². The first kappa shape index (κ1) is 19.7. The third-order valence-electron chi connectivity index (χ3n) is 5.50. The van der Waals surface area contributed by atoms with Gasteiger partial charge in [0, 0.05) is 12.2 Å². The van der Waals surface area contributed by atoms with Gasteiger partial charge in [0.1, 0.15) is 5.82 Å². The molecule has 1 aliphatic heterocycles. The van der Waals surface area contributed by atoms with Crippen molar-refractivity contribution in [3.8, 4) is 0 Å². The number of halogens is 2. The highest BCUT2D eigenvalue weighted by atomic mass is 19.1. The Labute approximate surface area is 155 Å². The minimum Gasteiger partial charge on any atom is -0.379 e. The number of ether oxygens (including phenoxy) is 3. The number of benzene rings is 1. The molecular formula is C21H30F2O3. The van der Waals surface area contributed by atoms with Crippen LogP contribution in [0.2, 0.25) is 0 Å². The summed E-state index contributed by atoms with van der Waals surface area (Å²) in [6.07, 6.45) is 4.62. The van der Waals surface area contributed by atoms with Gasteiger partial charge >= 0.3 is 0 Å². The summed E-state index contributed by atoms with van der Waals surface area (Å²) in [6, 6.07) is 5.18. The van der Waals surface area contributed by atoms with Crippen molar-refractivity contribution in [2.75, 3.05) is 19.8 Å². The summed E-state index contributed by atoms with van der Waals surface area (Å²) in [4.78, 5) is 0. The zero-order chi connectivity index (χ0) is 18.6. The first-order chi connectivity index (χ1) is 12.5. The molecule has 2 fully saturated rings. The SMILES string of the molecule is CCCC1(F)COC(c2ccc(C3CCC(OCC)CC3)c(F)c2)OC1. The Morgan fingerprint density at radius 1 is 1.12 bits per heavy atom. The molecule has 0 spiro atoms. The van der Waals surface area contributed by atoms with Crippen molar-refractivity contribution in [3.05, 3.63) is 35.1 Å². The number of hydrogen-bond donors (Lipinski definition) is 0. The Bertz CT molecular complexity index is 577. The van der Waals surface area contributed by atoms with E-state index in [4.69, 9.17) is 14.2 Å². The van der Waals surface area contributed by atoms with Gasteiger partial charge in [0.2, 0.25) is 0 Å². The fourth-order valence-corrected chi connectivity index (χ4v) is 4.12. The average molecular weight is 368 g/mol. The molecule has 1 saturated carbocycles. The van der Waals surface area contributed by atoms with Crippen molar-refractivity contribution in [2.24, 2.45) is 0 Å². The largest absolute Gasteiger partial charge is 0.379 e. The van der Waals surface area contributed by atoms with E-state index in [0.29, 0.717) is 18.1 Å². The van der Waals surface area contributed by atoms with Gasteiger partial charge in [-0.2, -0.15) is 0 Å². The molecule has 0 bridgehead atoms. The fraction of sp³-hybridized carbons (Fsp3) is 0.714. The monoisotopic (exact) mass is 368 g/mol. The van der Waals surface area contributed by atoms with Crippen LogP contribution in [0.3, 0.4) is 0 Å². The first-order valence-electron chi connectivity index (χ1n) is 9.87. The summed E-state index contributed by atoms with van der Waals surface area (Å²) in [5, 5.41) is 0. The molecule has 1 heterocycles. The van der Waals surface area contributed by atoms with E-state index in [1.807, 2.05) is 26.0 Å². The van der Waals surface area contributed by atoms with E-state index in [1.165, 1.54) is 6.07 Å². The zero-order valence-electron chi connectivity index (χ0n) is 15.8. The van der Waals surface area contributed by atoms with Crippen LogP contribution in [0.5, 0.6) is 0 Å². The molecule has 0 unspecified atom stereocenters. The zero-order valence-corrected chi connectivity index (χ0v) is 15.8. The summed E-state index contributed by atoms with van der Waals surface area (Å²) in [7, 11) is 0. The lowest BCUT2D eigenvalue weighted by Gasteiger charge is -2.34. The quantitative estimate of drug-likeness (QED) is 0.669. The van der Waals surface area contributed by atoms with Gasteiger partial charge in [-0.1, -0.05) is 25.5 Å². The fourth-order valence-electron chi connectivity index (χ4n) is 4.12. The van der Waals surface area contributed by atoms with Crippen LogP contribution in [-0.4, -0.2) is 31.6 Å². The van der Waals surface area contributed by atoms with Gasteiger partial charge in [0.25, 0.3) is 0 Å². The second-order valence-corrected chi connectivity index (χ2v) is 7.56. The highest BCUT2D eigenvalue weighted by Gasteiger charge is 2.37. The Morgan fingerprint density at radius 3 is 2.38 bits per heavy atom. The van der Waals surface area contributed by atoms with E-state index in [0.717, 1.165) is 44.3 Å². The maximum atomic E-state index is 14.7. The summed E-state index contributed by atoms with van der Waals surface area (Å²) < 4.78 is 45.8. The average Bonchev–Trinajstić information content (AvgIpc) is 2.63. The highest BCUT2D eigenvalue weighted by molar-refractivity contribution is 5.28. The van der Waals surface area contributed by atoms with E-state index in [2.05, 4.69) is 0 Å². The molecule has 0 aromatic heterocycles. The summed E-state index contributed by atoms with van der Waals surface area (Å²) in [5.41, 5.74) is -0.0544. The van der Waals surface area contributed by atoms with E-state index in [9.17, 15) is 8.78 Å². The molecular weight excluding hydrogens is 338 g/mol. The first-order valence-corrected chi connectivity index (χ1v) is 9.87. The van der Waals surface area contributed by atoms with Crippen LogP contribution in [0, 0.1) is 5.82 Å². The molecule has 1 aromatic rings. The Morgan fingerprint density at radius 2 is 1.81 bits per heavy atom. The minimum absolute atomic E-state index is 0.00365. The van der Waals surface area contributed by atoms with Gasteiger partial charge in [0.05, 0.1) is 19.3 Å². The standard InChI is InChI=1S/C21H30F2O3/c1-3-11-21(23)13-25-20(26-14-21)16-7-10-18(19(22)12-16)15-5-8-17(9-6-15)24-4-2/h7,10,12,15,17,20H,3-6,8-9,11,13-14H2,1-2H3. The van der Waals surface area contributed by atoms with Crippen molar-refractivity contribution in [3.63, 3.8) is 0 Å². The predicted molar refractivity (Wildman–Crippen MR) is 96.4 cm³/mol. The molecule has 1 aliphatic carbocycles. The topological polar surface area (TPSA) is 27.7 Å². The van der Waals surface area contributed by atoms with E-state index in [-0.39, 0.29) is 24.9 Å². The summed E-state index contributed by atoms with van der Waals surface area (Å²) in [6.45, 7) is 4.67. The number of alkyl halides is 1. The predicted octanol–water partition coefficient (Wildman–Crippen LogP) is 5.44. The molecule has 0 amide bonds. The van der Waals surface area contributed by atoms with Crippen LogP contribution in [0.4, 0.5) is 8.78 Å². The van der Waals surface area contributed by atoms with Crippen LogP contribution in [0.1, 0.15) is 75.7 Å².